The van der Waals surface area contributed by atoms with E-state index in [1.165, 1.54) is 0 Å². The van der Waals surface area contributed by atoms with Crippen LogP contribution >= 0.6 is 0 Å². The lowest BCUT2D eigenvalue weighted by Gasteiger charge is -2.21. The molecule has 0 atom stereocenters. The lowest BCUT2D eigenvalue weighted by Crippen LogP contribution is -2.21. The van der Waals surface area contributed by atoms with Crippen molar-refractivity contribution in [1.82, 2.24) is 15.2 Å². The van der Waals surface area contributed by atoms with Crippen LogP contribution in [0.25, 0.3) is 11.4 Å². The fourth-order valence-corrected chi connectivity index (χ4v) is 2.15. The average molecular weight is 259 g/mol. The summed E-state index contributed by atoms with van der Waals surface area (Å²) in [5, 5.41) is 6.80. The van der Waals surface area contributed by atoms with Crippen molar-refractivity contribution in [3.05, 3.63) is 30.6 Å². The van der Waals surface area contributed by atoms with Crippen LogP contribution in [-0.4, -0.2) is 35.0 Å². The van der Waals surface area contributed by atoms with Crippen LogP contribution in [0.4, 0.5) is 0 Å². The van der Waals surface area contributed by atoms with Gasteiger partial charge < -0.3 is 9.47 Å². The van der Waals surface area contributed by atoms with Gasteiger partial charge in [0.15, 0.2) is 0 Å². The molecule has 0 unspecified atom stereocenters. The molecule has 0 radical (unpaired) electrons. The summed E-state index contributed by atoms with van der Waals surface area (Å²) in [6.07, 6.45) is 5.64. The molecule has 0 saturated carbocycles. The molecular weight excluding hydrogens is 242 g/mol. The number of aromatic amines is 1. The third kappa shape index (κ3) is 3.12. The second kappa shape index (κ2) is 5.84. The molecule has 100 valence electrons. The molecule has 5 heteroatoms. The van der Waals surface area contributed by atoms with Gasteiger partial charge in [-0.15, -0.1) is 0 Å². The number of ether oxygens (including phenoxy) is 2. The molecule has 1 aliphatic heterocycles. The highest BCUT2D eigenvalue weighted by Gasteiger charge is 2.14. The minimum atomic E-state index is 0.598. The van der Waals surface area contributed by atoms with Gasteiger partial charge >= 0.3 is 0 Å². The van der Waals surface area contributed by atoms with E-state index in [0.29, 0.717) is 5.92 Å². The maximum absolute atomic E-state index is 5.77. The molecule has 1 saturated heterocycles. The maximum Gasteiger partial charge on any atom is 0.137 e. The van der Waals surface area contributed by atoms with E-state index in [9.17, 15) is 0 Å². The van der Waals surface area contributed by atoms with Gasteiger partial charge in [-0.25, -0.2) is 0 Å². The molecule has 2 aromatic rings. The summed E-state index contributed by atoms with van der Waals surface area (Å²) in [5.74, 6) is 1.41. The lowest BCUT2D eigenvalue weighted by atomic mass is 10.0. The Balaban J connectivity index is 1.57. The van der Waals surface area contributed by atoms with E-state index in [4.69, 9.17) is 9.47 Å². The average Bonchev–Trinajstić information content (AvgIpc) is 3.01. The number of nitrogens with one attached hydrogen (secondary N) is 1. The van der Waals surface area contributed by atoms with Gasteiger partial charge in [0, 0.05) is 19.4 Å². The van der Waals surface area contributed by atoms with E-state index in [-0.39, 0.29) is 0 Å². The van der Waals surface area contributed by atoms with Gasteiger partial charge in [-0.3, -0.25) is 10.1 Å². The largest absolute Gasteiger partial charge is 0.492 e. The predicted octanol–water partition coefficient (Wildman–Crippen LogP) is 2.28. The number of aromatic nitrogens is 3. The molecule has 1 fully saturated rings. The molecular formula is C14H17N3O2. The molecule has 1 aliphatic rings. The smallest absolute Gasteiger partial charge is 0.137 e. The van der Waals surface area contributed by atoms with Crippen molar-refractivity contribution in [3.63, 3.8) is 0 Å². The Kier molecular flexibility index (Phi) is 3.74. The molecule has 1 N–H and O–H groups in total. The Morgan fingerprint density at radius 3 is 2.84 bits per heavy atom. The molecule has 0 aliphatic carbocycles. The SMILES string of the molecule is c1cc(-c2ccc(OCC3CCOCC3)cn2)[nH]n1. The van der Waals surface area contributed by atoms with Gasteiger partial charge in [0.1, 0.15) is 5.75 Å². The quantitative estimate of drug-likeness (QED) is 0.915. The third-order valence-corrected chi connectivity index (χ3v) is 3.34. The Bertz CT molecular complexity index is 490. The zero-order valence-corrected chi connectivity index (χ0v) is 10.7. The third-order valence-electron chi connectivity index (χ3n) is 3.34. The fraction of sp³-hybridized carbons (Fsp3) is 0.429. The van der Waals surface area contributed by atoms with Crippen molar-refractivity contribution in [2.45, 2.75) is 12.8 Å². The van der Waals surface area contributed by atoms with Crippen LogP contribution in [-0.2, 0) is 4.74 Å². The van der Waals surface area contributed by atoms with Crippen molar-refractivity contribution < 1.29 is 9.47 Å². The fourth-order valence-electron chi connectivity index (χ4n) is 2.15. The van der Waals surface area contributed by atoms with E-state index in [1.807, 2.05) is 18.2 Å². The van der Waals surface area contributed by atoms with Crippen LogP contribution in [0.5, 0.6) is 5.75 Å². The van der Waals surface area contributed by atoms with E-state index in [1.54, 1.807) is 12.4 Å². The van der Waals surface area contributed by atoms with Crippen LogP contribution in [0.3, 0.4) is 0 Å². The van der Waals surface area contributed by atoms with Gasteiger partial charge in [0.2, 0.25) is 0 Å². The lowest BCUT2D eigenvalue weighted by molar-refractivity contribution is 0.0497. The number of nitrogens with zero attached hydrogens (tertiary/aromatic N) is 2. The van der Waals surface area contributed by atoms with E-state index in [0.717, 1.165) is 49.8 Å². The van der Waals surface area contributed by atoms with Crippen molar-refractivity contribution >= 4 is 0 Å². The van der Waals surface area contributed by atoms with E-state index < -0.39 is 0 Å². The molecule has 2 aromatic heterocycles. The highest BCUT2D eigenvalue weighted by atomic mass is 16.5. The minimum Gasteiger partial charge on any atom is -0.492 e. The van der Waals surface area contributed by atoms with Gasteiger partial charge in [-0.1, -0.05) is 0 Å². The number of pyridine rings is 1. The molecule has 0 spiro atoms. The number of hydrogen-bond donors (Lipinski definition) is 1. The van der Waals surface area contributed by atoms with Crippen molar-refractivity contribution in [1.29, 1.82) is 0 Å². The number of hydrogen-bond acceptors (Lipinski definition) is 4. The van der Waals surface area contributed by atoms with Gasteiger partial charge in [-0.05, 0) is 37.0 Å². The number of H-pyrrole nitrogens is 1. The standard InChI is InChI=1S/C14H17N3O2/c1-2-13(14-3-6-16-17-14)15-9-12(1)19-10-11-4-7-18-8-5-11/h1-3,6,9,11H,4-5,7-8,10H2,(H,16,17). The Hall–Kier alpha value is -1.88. The first-order valence-corrected chi connectivity index (χ1v) is 6.58. The summed E-state index contributed by atoms with van der Waals surface area (Å²) in [5.41, 5.74) is 1.78. The molecule has 3 heterocycles. The monoisotopic (exact) mass is 259 g/mol. The highest BCUT2D eigenvalue weighted by Crippen LogP contribution is 2.19. The molecule has 0 bridgehead atoms. The molecule has 19 heavy (non-hydrogen) atoms. The van der Waals surface area contributed by atoms with Crippen LogP contribution in [0.15, 0.2) is 30.6 Å². The summed E-state index contributed by atoms with van der Waals surface area (Å²) in [7, 11) is 0. The van der Waals surface area contributed by atoms with Crippen LogP contribution in [0.2, 0.25) is 0 Å². The zero-order chi connectivity index (χ0) is 12.9. The summed E-state index contributed by atoms with van der Waals surface area (Å²) in [6.45, 7) is 2.45. The molecule has 3 rings (SSSR count). The van der Waals surface area contributed by atoms with Gasteiger partial charge in [-0.2, -0.15) is 5.10 Å². The van der Waals surface area contributed by atoms with E-state index in [2.05, 4.69) is 15.2 Å². The Morgan fingerprint density at radius 2 is 2.16 bits per heavy atom. The van der Waals surface area contributed by atoms with Crippen molar-refractivity contribution in [2.24, 2.45) is 5.92 Å². The molecule has 0 aromatic carbocycles. The molecule has 0 amide bonds. The van der Waals surface area contributed by atoms with Gasteiger partial charge in [0.05, 0.1) is 24.2 Å². The van der Waals surface area contributed by atoms with E-state index >= 15 is 0 Å². The first-order chi connectivity index (χ1) is 9.42. The summed E-state index contributed by atoms with van der Waals surface area (Å²) >= 11 is 0. The Labute approximate surface area is 112 Å². The maximum atomic E-state index is 5.77. The van der Waals surface area contributed by atoms with Crippen molar-refractivity contribution in [2.75, 3.05) is 19.8 Å². The molecule has 5 nitrogen and oxygen atoms in total. The second-order valence-electron chi connectivity index (χ2n) is 4.72. The second-order valence-corrected chi connectivity index (χ2v) is 4.72. The number of rotatable bonds is 4. The summed E-state index contributed by atoms with van der Waals surface area (Å²) in [4.78, 5) is 4.36. The van der Waals surface area contributed by atoms with Crippen molar-refractivity contribution in [3.8, 4) is 17.1 Å². The minimum absolute atomic E-state index is 0.598. The summed E-state index contributed by atoms with van der Waals surface area (Å²) < 4.78 is 11.1. The topological polar surface area (TPSA) is 60.0 Å². The van der Waals surface area contributed by atoms with Crippen LogP contribution in [0, 0.1) is 5.92 Å². The predicted molar refractivity (Wildman–Crippen MR) is 70.9 cm³/mol. The van der Waals surface area contributed by atoms with Crippen LogP contribution < -0.4 is 4.74 Å². The van der Waals surface area contributed by atoms with Crippen LogP contribution in [0.1, 0.15) is 12.8 Å². The normalized spacial score (nSPS) is 16.4. The summed E-state index contributed by atoms with van der Waals surface area (Å²) in [6, 6.07) is 5.78. The van der Waals surface area contributed by atoms with Gasteiger partial charge in [0.25, 0.3) is 0 Å². The Morgan fingerprint density at radius 1 is 1.26 bits per heavy atom. The zero-order valence-electron chi connectivity index (χ0n) is 10.7. The first-order valence-electron chi connectivity index (χ1n) is 6.58. The first kappa shape index (κ1) is 12.2. The highest BCUT2D eigenvalue weighted by molar-refractivity contribution is 5.53.